The van der Waals surface area contributed by atoms with Gasteiger partial charge in [-0.25, -0.2) is 10.2 Å². The molecule has 13 heteroatoms. The van der Waals surface area contributed by atoms with Crippen molar-refractivity contribution in [3.8, 4) is 11.1 Å². The number of ether oxygens (including phenoxy) is 4. The van der Waals surface area contributed by atoms with Crippen LogP contribution in [-0.4, -0.2) is 84.7 Å². The van der Waals surface area contributed by atoms with Crippen molar-refractivity contribution in [3.05, 3.63) is 131 Å². The monoisotopic (exact) mass is 848 g/mol. The lowest BCUT2D eigenvalue weighted by Crippen LogP contribution is -2.52. The Morgan fingerprint density at radius 2 is 1.21 bits per heavy atom. The number of amides is 3. The van der Waals surface area contributed by atoms with Gasteiger partial charge in [0.1, 0.15) is 25.8 Å². The number of nitrogens with one attached hydrogen (secondary N) is 3. The van der Waals surface area contributed by atoms with E-state index in [0.717, 1.165) is 33.4 Å². The van der Waals surface area contributed by atoms with Gasteiger partial charge < -0.3 is 29.2 Å². The standard InChI is InChI=1S/C49H60N4O9/c1-48(2,3)61-31-36(46(57)52-50-26-25-44(55)59-30-35-19-11-8-12-20-35)27-43(54)42(33-62-49(4,5)6)51-47(58)53(28-34-17-9-7-10-18-34)29-45(56)60-32-41-39-23-15-13-21-37(39)38-22-14-16-24-40(38)41/h7-24,36,41-42,50H,25-33H2,1-6H3,(H,51,58)(H,52,57)/t36-,42-/m0/s1. The molecule has 4 aromatic rings. The van der Waals surface area contributed by atoms with Crippen LogP contribution in [0.5, 0.6) is 0 Å². The molecule has 0 bridgehead atoms. The summed E-state index contributed by atoms with van der Waals surface area (Å²) in [5, 5.41) is 2.81. The van der Waals surface area contributed by atoms with Gasteiger partial charge in [0.05, 0.1) is 36.8 Å². The first-order valence-corrected chi connectivity index (χ1v) is 21.0. The summed E-state index contributed by atoms with van der Waals surface area (Å²) in [7, 11) is 0. The Kier molecular flexibility index (Phi) is 16.9. The highest BCUT2D eigenvalue weighted by Gasteiger charge is 2.33. The third-order valence-electron chi connectivity index (χ3n) is 10.0. The summed E-state index contributed by atoms with van der Waals surface area (Å²) in [6.45, 7) is 10.6. The fourth-order valence-electron chi connectivity index (χ4n) is 6.80. The van der Waals surface area contributed by atoms with Crippen LogP contribution in [0.1, 0.15) is 82.6 Å². The highest BCUT2D eigenvalue weighted by molar-refractivity contribution is 5.93. The van der Waals surface area contributed by atoms with Gasteiger partial charge in [0.25, 0.3) is 0 Å². The van der Waals surface area contributed by atoms with Crippen molar-refractivity contribution in [1.82, 2.24) is 21.1 Å². The summed E-state index contributed by atoms with van der Waals surface area (Å²) in [5.74, 6) is -3.22. The van der Waals surface area contributed by atoms with Crippen molar-refractivity contribution in [2.45, 2.75) is 90.7 Å². The number of urea groups is 1. The molecule has 13 nitrogen and oxygen atoms in total. The quantitative estimate of drug-likeness (QED) is 0.0458. The number of benzene rings is 4. The lowest BCUT2D eigenvalue weighted by atomic mass is 9.98. The molecule has 0 fully saturated rings. The molecular weight excluding hydrogens is 789 g/mol. The summed E-state index contributed by atoms with van der Waals surface area (Å²) >= 11 is 0. The van der Waals surface area contributed by atoms with Crippen LogP contribution in [0.15, 0.2) is 109 Å². The number of rotatable bonds is 21. The van der Waals surface area contributed by atoms with Gasteiger partial charge in [-0.1, -0.05) is 109 Å². The van der Waals surface area contributed by atoms with E-state index in [4.69, 9.17) is 18.9 Å². The van der Waals surface area contributed by atoms with Crippen LogP contribution in [0.3, 0.4) is 0 Å². The smallest absolute Gasteiger partial charge is 0.325 e. The number of hydrazine groups is 1. The van der Waals surface area contributed by atoms with Gasteiger partial charge in [-0.3, -0.25) is 24.6 Å². The maximum absolute atomic E-state index is 14.2. The number of esters is 2. The van der Waals surface area contributed by atoms with Crippen LogP contribution < -0.4 is 16.2 Å². The van der Waals surface area contributed by atoms with Crippen molar-refractivity contribution in [3.63, 3.8) is 0 Å². The molecule has 0 aliphatic heterocycles. The molecule has 0 aromatic heterocycles. The van der Waals surface area contributed by atoms with E-state index >= 15 is 0 Å². The van der Waals surface area contributed by atoms with Crippen molar-refractivity contribution in [2.24, 2.45) is 5.92 Å². The highest BCUT2D eigenvalue weighted by Crippen LogP contribution is 2.44. The average Bonchev–Trinajstić information content (AvgIpc) is 3.56. The number of carbonyl (C=O) groups is 5. The minimum Gasteiger partial charge on any atom is -0.463 e. The summed E-state index contributed by atoms with van der Waals surface area (Å²) < 4.78 is 23.2. The lowest BCUT2D eigenvalue weighted by Gasteiger charge is -2.29. The molecule has 0 heterocycles. The van der Waals surface area contributed by atoms with Gasteiger partial charge in [0.15, 0.2) is 5.78 Å². The number of nitrogens with zero attached hydrogens (tertiary/aromatic N) is 1. The van der Waals surface area contributed by atoms with Crippen LogP contribution in [0.4, 0.5) is 4.79 Å². The Hall–Kier alpha value is -5.89. The third kappa shape index (κ3) is 14.9. The van der Waals surface area contributed by atoms with E-state index in [1.807, 2.05) is 139 Å². The zero-order valence-corrected chi connectivity index (χ0v) is 36.6. The first kappa shape index (κ1) is 47.2. The summed E-state index contributed by atoms with van der Waals surface area (Å²) in [5.41, 5.74) is 9.99. The molecule has 3 N–H and O–H groups in total. The molecule has 5 rings (SSSR count). The Morgan fingerprint density at radius 3 is 1.81 bits per heavy atom. The number of ketones is 1. The van der Waals surface area contributed by atoms with Gasteiger partial charge >= 0.3 is 18.0 Å². The zero-order valence-electron chi connectivity index (χ0n) is 36.6. The Morgan fingerprint density at radius 1 is 0.661 bits per heavy atom. The Labute approximate surface area is 364 Å². The van der Waals surface area contributed by atoms with Gasteiger partial charge in [-0.15, -0.1) is 0 Å². The SMILES string of the molecule is CC(C)(C)OC[C@H](CC(=O)[C@H](COC(C)(C)C)NC(=O)N(CC(=O)OCC1c2ccccc2-c2ccccc21)Cc1ccccc1)C(=O)NNCCC(=O)OCc1ccccc1. The van der Waals surface area contributed by atoms with E-state index < -0.39 is 59.4 Å². The zero-order chi connectivity index (χ0) is 44.7. The largest absolute Gasteiger partial charge is 0.463 e. The van der Waals surface area contributed by atoms with E-state index in [1.165, 1.54) is 4.90 Å². The number of fused-ring (bicyclic) bond motifs is 3. The number of hydrogen-bond acceptors (Lipinski definition) is 10. The van der Waals surface area contributed by atoms with Crippen molar-refractivity contribution < 1.29 is 42.9 Å². The fraction of sp³-hybridized carbons (Fsp3) is 0.408. The van der Waals surface area contributed by atoms with Crippen molar-refractivity contribution >= 4 is 29.7 Å². The second-order valence-electron chi connectivity index (χ2n) is 17.3. The van der Waals surface area contributed by atoms with Crippen molar-refractivity contribution in [2.75, 3.05) is 32.9 Å². The maximum atomic E-state index is 14.2. The van der Waals surface area contributed by atoms with Crippen molar-refractivity contribution in [1.29, 1.82) is 0 Å². The number of Topliss-reactive ketones (excluding diaryl/α,β-unsaturated/α-hetero) is 1. The Balaban J connectivity index is 1.25. The van der Waals surface area contributed by atoms with E-state index in [2.05, 4.69) is 28.3 Å². The maximum Gasteiger partial charge on any atom is 0.325 e. The minimum absolute atomic E-state index is 0.0109. The summed E-state index contributed by atoms with van der Waals surface area (Å²) in [4.78, 5) is 69.1. The molecule has 0 saturated carbocycles. The number of carbonyl (C=O) groups excluding carboxylic acids is 5. The van der Waals surface area contributed by atoms with Crippen LogP contribution >= 0.6 is 0 Å². The van der Waals surface area contributed by atoms with Crippen LogP contribution in [-0.2, 0) is 51.3 Å². The minimum atomic E-state index is -1.19. The lowest BCUT2D eigenvalue weighted by molar-refractivity contribution is -0.145. The molecule has 62 heavy (non-hydrogen) atoms. The van der Waals surface area contributed by atoms with Crippen LogP contribution in [0.25, 0.3) is 11.1 Å². The topological polar surface area (TPSA) is 162 Å². The molecule has 0 unspecified atom stereocenters. The van der Waals surface area contributed by atoms with E-state index in [9.17, 15) is 24.0 Å². The number of hydrogen-bond donors (Lipinski definition) is 3. The first-order valence-electron chi connectivity index (χ1n) is 21.0. The summed E-state index contributed by atoms with van der Waals surface area (Å²) in [6, 6.07) is 32.7. The Bertz CT molecular complexity index is 2070. The highest BCUT2D eigenvalue weighted by atomic mass is 16.5. The molecule has 330 valence electrons. The van der Waals surface area contributed by atoms with Gasteiger partial charge in [-0.2, -0.15) is 0 Å². The second kappa shape index (κ2) is 22.3. The molecular formula is C49H60N4O9. The second-order valence-corrected chi connectivity index (χ2v) is 17.3. The third-order valence-corrected chi connectivity index (χ3v) is 10.0. The van der Waals surface area contributed by atoms with Gasteiger partial charge in [0.2, 0.25) is 5.91 Å². The molecule has 1 aliphatic carbocycles. The van der Waals surface area contributed by atoms with Crippen LogP contribution in [0, 0.1) is 5.92 Å². The molecule has 1 aliphatic rings. The molecule has 3 amide bonds. The summed E-state index contributed by atoms with van der Waals surface area (Å²) in [6.07, 6.45) is -0.324. The normalized spacial score (nSPS) is 13.3. The first-order chi connectivity index (χ1) is 29.6. The molecule has 0 saturated heterocycles. The van der Waals surface area contributed by atoms with Crippen LogP contribution in [0.2, 0.25) is 0 Å². The van der Waals surface area contributed by atoms with Gasteiger partial charge in [0, 0.05) is 25.4 Å². The van der Waals surface area contributed by atoms with E-state index in [0.29, 0.717) is 0 Å². The van der Waals surface area contributed by atoms with E-state index in [1.54, 1.807) is 0 Å². The molecule has 0 spiro atoms. The predicted octanol–water partition coefficient (Wildman–Crippen LogP) is 6.88. The molecule has 2 atom stereocenters. The average molecular weight is 849 g/mol. The van der Waals surface area contributed by atoms with Gasteiger partial charge in [-0.05, 0) is 74.9 Å². The molecule has 4 aromatic carbocycles. The predicted molar refractivity (Wildman–Crippen MR) is 235 cm³/mol. The molecule has 0 radical (unpaired) electrons. The van der Waals surface area contributed by atoms with E-state index in [-0.39, 0.29) is 58.3 Å². The fourth-order valence-corrected chi connectivity index (χ4v) is 6.80.